The van der Waals surface area contributed by atoms with E-state index in [1.54, 1.807) is 20.8 Å². The first-order valence-electron chi connectivity index (χ1n) is 6.66. The Morgan fingerprint density at radius 1 is 1.21 bits per heavy atom. The molecule has 1 rings (SSSR count). The Labute approximate surface area is 115 Å². The number of hydrogen-bond acceptors (Lipinski definition) is 4. The van der Waals surface area contributed by atoms with Crippen molar-refractivity contribution in [2.45, 2.75) is 63.7 Å². The summed E-state index contributed by atoms with van der Waals surface area (Å²) in [6, 6.07) is 0. The Balaban J connectivity index is 2.33. The van der Waals surface area contributed by atoms with E-state index in [1.165, 1.54) is 0 Å². The highest BCUT2D eigenvalue weighted by Crippen LogP contribution is 2.22. The number of ether oxygens (including phenoxy) is 1. The predicted octanol–water partition coefficient (Wildman–Crippen LogP) is 1.72. The van der Waals surface area contributed by atoms with Crippen molar-refractivity contribution in [2.24, 2.45) is 0 Å². The van der Waals surface area contributed by atoms with E-state index >= 15 is 0 Å². The SMILES string of the molecule is CC(C)(C)OC(=O)NCNS(=O)(=O)C1CCCCC1. The molecule has 112 valence electrons. The molecule has 0 radical (unpaired) electrons. The number of hydrogen-bond donors (Lipinski definition) is 2. The van der Waals surface area contributed by atoms with Crippen LogP contribution < -0.4 is 10.0 Å². The highest BCUT2D eigenvalue weighted by Gasteiger charge is 2.27. The van der Waals surface area contributed by atoms with Gasteiger partial charge in [-0.05, 0) is 33.6 Å². The lowest BCUT2D eigenvalue weighted by molar-refractivity contribution is 0.0527. The number of sulfonamides is 1. The summed E-state index contributed by atoms with van der Waals surface area (Å²) in [7, 11) is -3.34. The second kappa shape index (κ2) is 6.56. The van der Waals surface area contributed by atoms with Gasteiger partial charge in [0.05, 0.1) is 11.9 Å². The molecule has 0 aromatic carbocycles. The summed E-state index contributed by atoms with van der Waals surface area (Å²) in [5, 5.41) is 2.05. The summed E-state index contributed by atoms with van der Waals surface area (Å²) >= 11 is 0. The summed E-state index contributed by atoms with van der Waals surface area (Å²) in [5.74, 6) is 0. The van der Waals surface area contributed by atoms with Crippen LogP contribution in [0.3, 0.4) is 0 Å². The van der Waals surface area contributed by atoms with Gasteiger partial charge in [-0.1, -0.05) is 19.3 Å². The zero-order chi connectivity index (χ0) is 14.5. The van der Waals surface area contributed by atoms with E-state index in [0.717, 1.165) is 19.3 Å². The van der Waals surface area contributed by atoms with E-state index in [4.69, 9.17) is 4.74 Å². The van der Waals surface area contributed by atoms with Crippen LogP contribution in [0.5, 0.6) is 0 Å². The smallest absolute Gasteiger partial charge is 0.408 e. The molecular formula is C12H24N2O4S. The lowest BCUT2D eigenvalue weighted by atomic mass is 10.0. The Kier molecular flexibility index (Phi) is 5.61. The largest absolute Gasteiger partial charge is 0.444 e. The van der Waals surface area contributed by atoms with Gasteiger partial charge in [0, 0.05) is 0 Å². The van der Waals surface area contributed by atoms with Crippen molar-refractivity contribution in [1.29, 1.82) is 0 Å². The van der Waals surface area contributed by atoms with Gasteiger partial charge >= 0.3 is 6.09 Å². The lowest BCUT2D eigenvalue weighted by Gasteiger charge is -2.23. The standard InChI is InChI=1S/C12H24N2O4S/c1-12(2,3)18-11(15)13-9-14-19(16,17)10-7-5-4-6-8-10/h10,14H,4-9H2,1-3H3,(H,13,15). The molecule has 2 N–H and O–H groups in total. The summed E-state index contributed by atoms with van der Waals surface area (Å²) in [4.78, 5) is 11.4. The van der Waals surface area contributed by atoms with Gasteiger partial charge in [0.1, 0.15) is 5.60 Å². The van der Waals surface area contributed by atoms with Crippen molar-refractivity contribution in [3.63, 3.8) is 0 Å². The number of amides is 1. The third kappa shape index (κ3) is 6.24. The molecule has 19 heavy (non-hydrogen) atoms. The Bertz CT molecular complexity index is 394. The highest BCUT2D eigenvalue weighted by molar-refractivity contribution is 7.90. The number of nitrogens with one attached hydrogen (secondary N) is 2. The molecule has 0 aromatic rings. The van der Waals surface area contributed by atoms with Gasteiger partial charge in [-0.25, -0.2) is 13.2 Å². The van der Waals surface area contributed by atoms with Crippen molar-refractivity contribution >= 4 is 16.1 Å². The molecule has 0 unspecified atom stereocenters. The molecule has 1 aliphatic rings. The average molecular weight is 292 g/mol. The van der Waals surface area contributed by atoms with Gasteiger partial charge in [-0.15, -0.1) is 0 Å². The molecule has 0 atom stereocenters. The van der Waals surface area contributed by atoms with E-state index in [0.29, 0.717) is 12.8 Å². The maximum atomic E-state index is 11.9. The number of carbonyl (C=O) groups is 1. The Morgan fingerprint density at radius 3 is 2.32 bits per heavy atom. The van der Waals surface area contributed by atoms with E-state index in [1.807, 2.05) is 0 Å². The fraction of sp³-hybridized carbons (Fsp3) is 0.917. The van der Waals surface area contributed by atoms with E-state index in [-0.39, 0.29) is 11.9 Å². The average Bonchev–Trinajstić information content (AvgIpc) is 2.27. The predicted molar refractivity (Wildman–Crippen MR) is 73.2 cm³/mol. The van der Waals surface area contributed by atoms with Gasteiger partial charge in [0.25, 0.3) is 0 Å². The van der Waals surface area contributed by atoms with Crippen LogP contribution in [0.2, 0.25) is 0 Å². The zero-order valence-corrected chi connectivity index (χ0v) is 12.7. The topological polar surface area (TPSA) is 84.5 Å². The van der Waals surface area contributed by atoms with Crippen LogP contribution >= 0.6 is 0 Å². The molecule has 0 saturated heterocycles. The molecule has 1 fully saturated rings. The first-order chi connectivity index (χ1) is 8.71. The molecule has 0 spiro atoms. The van der Waals surface area contributed by atoms with Crippen molar-refractivity contribution in [3.8, 4) is 0 Å². The van der Waals surface area contributed by atoms with Crippen LogP contribution in [0.25, 0.3) is 0 Å². The van der Waals surface area contributed by atoms with Crippen LogP contribution in [-0.2, 0) is 14.8 Å². The maximum Gasteiger partial charge on any atom is 0.408 e. The van der Waals surface area contributed by atoms with E-state index in [9.17, 15) is 13.2 Å². The fourth-order valence-electron chi connectivity index (χ4n) is 2.02. The van der Waals surface area contributed by atoms with Crippen LogP contribution in [0, 0.1) is 0 Å². The molecule has 1 amide bonds. The highest BCUT2D eigenvalue weighted by atomic mass is 32.2. The molecule has 0 bridgehead atoms. The van der Waals surface area contributed by atoms with Gasteiger partial charge in [-0.2, -0.15) is 4.72 Å². The fourth-order valence-corrected chi connectivity index (χ4v) is 3.48. The minimum absolute atomic E-state index is 0.131. The molecule has 1 saturated carbocycles. The number of alkyl carbamates (subject to hydrolysis) is 1. The van der Waals surface area contributed by atoms with Crippen molar-refractivity contribution < 1.29 is 17.9 Å². The van der Waals surface area contributed by atoms with Gasteiger partial charge in [-0.3, -0.25) is 0 Å². The molecule has 0 aliphatic heterocycles. The quantitative estimate of drug-likeness (QED) is 0.773. The van der Waals surface area contributed by atoms with Gasteiger partial charge in [0.2, 0.25) is 10.0 Å². The van der Waals surface area contributed by atoms with Crippen LogP contribution in [0.1, 0.15) is 52.9 Å². The van der Waals surface area contributed by atoms with Gasteiger partial charge in [0.15, 0.2) is 0 Å². The van der Waals surface area contributed by atoms with Crippen LogP contribution in [0.15, 0.2) is 0 Å². The number of rotatable bonds is 4. The maximum absolute atomic E-state index is 11.9. The van der Waals surface area contributed by atoms with E-state index < -0.39 is 21.7 Å². The second-order valence-corrected chi connectivity index (χ2v) is 7.85. The summed E-state index contributed by atoms with van der Waals surface area (Å²) in [6.45, 7) is 5.12. The van der Waals surface area contributed by atoms with Gasteiger partial charge < -0.3 is 10.1 Å². The monoisotopic (exact) mass is 292 g/mol. The van der Waals surface area contributed by atoms with E-state index in [2.05, 4.69) is 10.0 Å². The molecule has 0 aromatic heterocycles. The molecular weight excluding hydrogens is 268 g/mol. The second-order valence-electron chi connectivity index (χ2n) is 5.80. The Morgan fingerprint density at radius 2 is 1.79 bits per heavy atom. The van der Waals surface area contributed by atoms with Crippen LogP contribution in [0.4, 0.5) is 4.79 Å². The number of carbonyl (C=O) groups excluding carboxylic acids is 1. The first-order valence-corrected chi connectivity index (χ1v) is 8.21. The lowest BCUT2D eigenvalue weighted by Crippen LogP contribution is -2.43. The summed E-state index contributed by atoms with van der Waals surface area (Å²) in [6.07, 6.45) is 3.76. The molecule has 0 heterocycles. The molecule has 6 nitrogen and oxygen atoms in total. The van der Waals surface area contributed by atoms with Crippen molar-refractivity contribution in [2.75, 3.05) is 6.67 Å². The normalized spacial score (nSPS) is 18.1. The van der Waals surface area contributed by atoms with Crippen molar-refractivity contribution in [3.05, 3.63) is 0 Å². The zero-order valence-electron chi connectivity index (χ0n) is 11.9. The van der Waals surface area contributed by atoms with Crippen LogP contribution in [-0.4, -0.2) is 32.0 Å². The van der Waals surface area contributed by atoms with Crippen molar-refractivity contribution in [1.82, 2.24) is 10.0 Å². The molecule has 7 heteroatoms. The summed E-state index contributed by atoms with van der Waals surface area (Å²) in [5.41, 5.74) is -0.591. The Hall–Kier alpha value is -0.820. The first kappa shape index (κ1) is 16.2. The minimum atomic E-state index is -3.34. The molecule has 1 aliphatic carbocycles. The third-order valence-corrected chi connectivity index (χ3v) is 4.79. The summed E-state index contributed by atoms with van der Waals surface area (Å²) < 4.78 is 31.3. The minimum Gasteiger partial charge on any atom is -0.444 e. The third-order valence-electron chi connectivity index (χ3n) is 2.90.